The van der Waals surface area contributed by atoms with Gasteiger partial charge in [0, 0.05) is 23.4 Å². The topological polar surface area (TPSA) is 43.1 Å². The van der Waals surface area contributed by atoms with Crippen LogP contribution in [0.25, 0.3) is 0 Å². The third-order valence-electron chi connectivity index (χ3n) is 2.85. The molecule has 4 heteroatoms. The van der Waals surface area contributed by atoms with Gasteiger partial charge in [-0.1, -0.05) is 35.8 Å². The number of halogens is 2. The van der Waals surface area contributed by atoms with Crippen molar-refractivity contribution in [2.45, 2.75) is 20.3 Å². The Morgan fingerprint density at radius 1 is 1.47 bits per heavy atom. The van der Waals surface area contributed by atoms with Crippen LogP contribution in [-0.4, -0.2) is 12.3 Å². The fraction of sp³-hybridized carbons (Fsp3) is 0.462. The van der Waals surface area contributed by atoms with Crippen molar-refractivity contribution in [3.05, 3.63) is 34.1 Å². The monoisotopic (exact) mass is 301 g/mol. The van der Waals surface area contributed by atoms with Crippen LogP contribution in [0.3, 0.4) is 0 Å². The second kappa shape index (κ2) is 6.26. The summed E-state index contributed by atoms with van der Waals surface area (Å²) in [5.41, 5.74) is 6.40. The van der Waals surface area contributed by atoms with Gasteiger partial charge >= 0.3 is 0 Å². The third kappa shape index (κ3) is 3.89. The van der Waals surface area contributed by atoms with E-state index < -0.39 is 0 Å². The Morgan fingerprint density at radius 2 is 2.12 bits per heavy atom. The Kier molecular flexibility index (Phi) is 5.28. The minimum Gasteiger partial charge on any atom is -0.330 e. The van der Waals surface area contributed by atoms with Gasteiger partial charge in [-0.15, -0.1) is 0 Å². The van der Waals surface area contributed by atoms with Gasteiger partial charge in [0.05, 0.1) is 0 Å². The van der Waals surface area contributed by atoms with Gasteiger partial charge in [0.25, 0.3) is 0 Å². The number of benzene rings is 1. The van der Waals surface area contributed by atoms with E-state index in [-0.39, 0.29) is 23.4 Å². The van der Waals surface area contributed by atoms with Crippen molar-refractivity contribution in [1.82, 2.24) is 0 Å². The van der Waals surface area contributed by atoms with Crippen molar-refractivity contribution in [2.75, 3.05) is 6.54 Å². The molecule has 1 aromatic carbocycles. The molecule has 1 unspecified atom stereocenters. The summed E-state index contributed by atoms with van der Waals surface area (Å²) in [6, 6.07) is 4.36. The third-order valence-corrected chi connectivity index (χ3v) is 3.59. The van der Waals surface area contributed by atoms with Crippen LogP contribution < -0.4 is 5.73 Å². The fourth-order valence-corrected chi connectivity index (χ4v) is 2.25. The highest BCUT2D eigenvalue weighted by molar-refractivity contribution is 9.10. The van der Waals surface area contributed by atoms with E-state index in [1.807, 2.05) is 13.8 Å². The second-order valence-electron chi connectivity index (χ2n) is 4.47. The molecule has 0 aromatic heterocycles. The summed E-state index contributed by atoms with van der Waals surface area (Å²) in [5, 5.41) is 0. The van der Waals surface area contributed by atoms with E-state index >= 15 is 0 Å². The normalized spacial score (nSPS) is 12.8. The first kappa shape index (κ1) is 14.3. The summed E-state index contributed by atoms with van der Waals surface area (Å²) in [7, 11) is 0. The summed E-state index contributed by atoms with van der Waals surface area (Å²) in [6.45, 7) is 4.32. The number of carbonyl (C=O) groups is 1. The molecule has 0 bridgehead atoms. The van der Waals surface area contributed by atoms with Crippen molar-refractivity contribution in [3.63, 3.8) is 0 Å². The van der Waals surface area contributed by atoms with Crippen LogP contribution in [0.1, 0.15) is 19.4 Å². The summed E-state index contributed by atoms with van der Waals surface area (Å²) in [6.07, 6.45) is 0.293. The lowest BCUT2D eigenvalue weighted by Gasteiger charge is -2.17. The predicted molar refractivity (Wildman–Crippen MR) is 70.2 cm³/mol. The molecule has 0 aliphatic rings. The van der Waals surface area contributed by atoms with Crippen molar-refractivity contribution >= 4 is 21.7 Å². The standard InChI is InChI=1S/C13H17BrFNO/c1-8(2)11(7-16)13(17)5-9-3-4-10(15)6-12(9)14/h3-4,6,8,11H,5,7,16H2,1-2H3. The van der Waals surface area contributed by atoms with E-state index in [0.717, 1.165) is 5.56 Å². The molecule has 2 nitrogen and oxygen atoms in total. The highest BCUT2D eigenvalue weighted by atomic mass is 79.9. The average molecular weight is 302 g/mol. The van der Waals surface area contributed by atoms with E-state index in [2.05, 4.69) is 15.9 Å². The average Bonchev–Trinajstić information content (AvgIpc) is 2.22. The zero-order valence-electron chi connectivity index (χ0n) is 10.0. The molecule has 1 aromatic rings. The maximum atomic E-state index is 12.9. The van der Waals surface area contributed by atoms with Gasteiger partial charge in [-0.2, -0.15) is 0 Å². The molecule has 0 aliphatic heterocycles. The number of Topliss-reactive ketones (excluding diaryl/α,β-unsaturated/α-hetero) is 1. The van der Waals surface area contributed by atoms with Crippen LogP contribution in [0.15, 0.2) is 22.7 Å². The summed E-state index contributed by atoms with van der Waals surface area (Å²) in [5.74, 6) is -0.110. The molecule has 0 aliphatic carbocycles. The van der Waals surface area contributed by atoms with Crippen molar-refractivity contribution in [3.8, 4) is 0 Å². The Labute approximate surface area is 110 Å². The van der Waals surface area contributed by atoms with E-state index in [1.165, 1.54) is 12.1 Å². The summed E-state index contributed by atoms with van der Waals surface area (Å²) >= 11 is 3.26. The summed E-state index contributed by atoms with van der Waals surface area (Å²) in [4.78, 5) is 12.0. The van der Waals surface area contributed by atoms with Gasteiger partial charge in [-0.05, 0) is 23.6 Å². The first-order chi connectivity index (χ1) is 7.95. The largest absolute Gasteiger partial charge is 0.330 e. The Morgan fingerprint density at radius 3 is 2.59 bits per heavy atom. The van der Waals surface area contributed by atoms with E-state index in [0.29, 0.717) is 17.4 Å². The molecule has 1 rings (SSSR count). The van der Waals surface area contributed by atoms with Crippen molar-refractivity contribution < 1.29 is 9.18 Å². The maximum Gasteiger partial charge on any atom is 0.141 e. The molecule has 17 heavy (non-hydrogen) atoms. The molecular formula is C13H17BrFNO. The van der Waals surface area contributed by atoms with Gasteiger partial charge in [0.1, 0.15) is 11.6 Å². The molecule has 0 spiro atoms. The highest BCUT2D eigenvalue weighted by Crippen LogP contribution is 2.21. The molecule has 0 radical (unpaired) electrons. The second-order valence-corrected chi connectivity index (χ2v) is 5.32. The first-order valence-corrected chi connectivity index (χ1v) is 6.41. The molecule has 1 atom stereocenters. The van der Waals surface area contributed by atoms with Crippen molar-refractivity contribution in [2.24, 2.45) is 17.6 Å². The Bertz CT molecular complexity index is 406. The number of hydrogen-bond acceptors (Lipinski definition) is 2. The molecule has 2 N–H and O–H groups in total. The van der Waals surface area contributed by atoms with Crippen LogP contribution >= 0.6 is 15.9 Å². The van der Waals surface area contributed by atoms with Gasteiger partial charge in [0.15, 0.2) is 0 Å². The van der Waals surface area contributed by atoms with Crippen molar-refractivity contribution in [1.29, 1.82) is 0 Å². The molecule has 0 heterocycles. The molecule has 0 fully saturated rings. The van der Waals surface area contributed by atoms with Gasteiger partial charge in [0.2, 0.25) is 0 Å². The first-order valence-electron chi connectivity index (χ1n) is 5.62. The highest BCUT2D eigenvalue weighted by Gasteiger charge is 2.21. The fourth-order valence-electron chi connectivity index (χ4n) is 1.76. The minimum absolute atomic E-state index is 0.106. The van der Waals surface area contributed by atoms with Crippen LogP contribution in [-0.2, 0) is 11.2 Å². The van der Waals surface area contributed by atoms with Crippen LogP contribution in [0, 0.1) is 17.7 Å². The quantitative estimate of drug-likeness (QED) is 0.909. The number of ketones is 1. The zero-order valence-corrected chi connectivity index (χ0v) is 11.6. The minimum atomic E-state index is -0.313. The number of rotatable bonds is 5. The lowest BCUT2D eigenvalue weighted by atomic mass is 9.88. The lowest BCUT2D eigenvalue weighted by Crippen LogP contribution is -2.29. The molecule has 0 amide bonds. The number of nitrogens with two attached hydrogens (primary N) is 1. The van der Waals surface area contributed by atoms with Gasteiger partial charge in [-0.25, -0.2) is 4.39 Å². The van der Waals surface area contributed by atoms with Crippen LogP contribution in [0.5, 0.6) is 0 Å². The molecule has 94 valence electrons. The molecule has 0 saturated heterocycles. The maximum absolute atomic E-state index is 12.9. The summed E-state index contributed by atoms with van der Waals surface area (Å²) < 4.78 is 13.5. The van der Waals surface area contributed by atoms with E-state index in [4.69, 9.17) is 5.73 Å². The van der Waals surface area contributed by atoms with E-state index in [9.17, 15) is 9.18 Å². The van der Waals surface area contributed by atoms with Crippen LogP contribution in [0.4, 0.5) is 4.39 Å². The SMILES string of the molecule is CC(C)C(CN)C(=O)Cc1ccc(F)cc1Br. The smallest absolute Gasteiger partial charge is 0.141 e. The van der Waals surface area contributed by atoms with Gasteiger partial charge < -0.3 is 5.73 Å². The van der Waals surface area contributed by atoms with Crippen LogP contribution in [0.2, 0.25) is 0 Å². The van der Waals surface area contributed by atoms with E-state index in [1.54, 1.807) is 6.07 Å². The number of carbonyl (C=O) groups excluding carboxylic acids is 1. The molecular weight excluding hydrogens is 285 g/mol. The Hall–Kier alpha value is -0.740. The van der Waals surface area contributed by atoms with Gasteiger partial charge in [-0.3, -0.25) is 4.79 Å². The lowest BCUT2D eigenvalue weighted by molar-refractivity contribution is -0.123. The zero-order chi connectivity index (χ0) is 13.0. The molecule has 0 saturated carbocycles. The number of hydrogen-bond donors (Lipinski definition) is 1. The Balaban J connectivity index is 2.80. The predicted octanol–water partition coefficient (Wildman–Crippen LogP) is 2.93.